The monoisotopic (exact) mass is 150 g/mol. The summed E-state index contributed by atoms with van der Waals surface area (Å²) in [6, 6.07) is 0.557. The number of rotatable bonds is 1. The molecule has 1 heterocycles. The van der Waals surface area contributed by atoms with Crippen molar-refractivity contribution in [1.29, 1.82) is 0 Å². The summed E-state index contributed by atoms with van der Waals surface area (Å²) in [5.74, 6) is 0.565. The molecule has 0 fully saturated rings. The summed E-state index contributed by atoms with van der Waals surface area (Å²) in [4.78, 5) is 0. The van der Waals surface area contributed by atoms with Gasteiger partial charge in [-0.2, -0.15) is 0 Å². The van der Waals surface area contributed by atoms with Gasteiger partial charge in [-0.05, 0) is 31.9 Å². The molecule has 1 aliphatic heterocycles. The summed E-state index contributed by atoms with van der Waals surface area (Å²) in [7, 11) is 0. The maximum Gasteiger partial charge on any atom is 0.168 e. The van der Waals surface area contributed by atoms with E-state index in [1.165, 1.54) is 0 Å². The van der Waals surface area contributed by atoms with Crippen molar-refractivity contribution >= 4 is 6.21 Å². The van der Waals surface area contributed by atoms with E-state index in [9.17, 15) is 0 Å². The Hall–Kier alpha value is -0.850. The molecule has 0 aromatic carbocycles. The molecule has 0 aliphatic carbocycles. The third-order valence-corrected chi connectivity index (χ3v) is 1.83. The molecule has 0 bridgehead atoms. The largest absolute Gasteiger partial charge is 0.203 e. The highest BCUT2D eigenvalue weighted by Gasteiger charge is 2.06. The molecular weight excluding hydrogens is 134 g/mol. The summed E-state index contributed by atoms with van der Waals surface area (Å²) >= 11 is 0. The van der Waals surface area contributed by atoms with Gasteiger partial charge in [-0.1, -0.05) is 13.0 Å². The smallest absolute Gasteiger partial charge is 0.168 e. The summed E-state index contributed by atoms with van der Waals surface area (Å²) in [6.07, 6.45) is 10.8. The fourth-order valence-corrected chi connectivity index (χ4v) is 1.02. The predicted octanol–water partition coefficient (Wildman–Crippen LogP) is 2.20. The maximum atomic E-state index is 2.21. The van der Waals surface area contributed by atoms with E-state index in [4.69, 9.17) is 0 Å². The van der Waals surface area contributed by atoms with Gasteiger partial charge in [-0.25, -0.2) is 4.58 Å². The Morgan fingerprint density at radius 2 is 2.00 bits per heavy atom. The first-order chi connectivity index (χ1) is 5.20. The van der Waals surface area contributed by atoms with E-state index in [2.05, 4.69) is 56.0 Å². The third-order valence-electron chi connectivity index (χ3n) is 1.83. The zero-order valence-corrected chi connectivity index (χ0v) is 7.49. The number of hydrogen-bond donors (Lipinski definition) is 0. The zero-order chi connectivity index (χ0) is 8.27. The average molecular weight is 150 g/mol. The molecule has 11 heavy (non-hydrogen) atoms. The van der Waals surface area contributed by atoms with E-state index in [-0.39, 0.29) is 0 Å². The van der Waals surface area contributed by atoms with Gasteiger partial charge in [0.25, 0.3) is 0 Å². The van der Waals surface area contributed by atoms with Gasteiger partial charge in [-0.15, -0.1) is 0 Å². The Balaban J connectivity index is 2.76. The highest BCUT2D eigenvalue weighted by Crippen LogP contribution is 2.03. The summed E-state index contributed by atoms with van der Waals surface area (Å²) in [5.41, 5.74) is 0. The Bertz CT molecular complexity index is 209. The van der Waals surface area contributed by atoms with Crippen LogP contribution in [-0.2, 0) is 0 Å². The van der Waals surface area contributed by atoms with Crippen molar-refractivity contribution in [2.45, 2.75) is 26.8 Å². The van der Waals surface area contributed by atoms with Crippen molar-refractivity contribution < 1.29 is 4.58 Å². The maximum absolute atomic E-state index is 2.21. The second-order valence-electron chi connectivity index (χ2n) is 3.28. The van der Waals surface area contributed by atoms with Crippen LogP contribution in [-0.4, -0.2) is 16.8 Å². The lowest BCUT2D eigenvalue weighted by atomic mass is 10.2. The van der Waals surface area contributed by atoms with Gasteiger partial charge in [0.15, 0.2) is 18.5 Å². The molecular formula is C10H16N+. The van der Waals surface area contributed by atoms with Gasteiger partial charge in [0.1, 0.15) is 0 Å². The van der Waals surface area contributed by atoms with Crippen LogP contribution in [0.15, 0.2) is 24.4 Å². The lowest BCUT2D eigenvalue weighted by Crippen LogP contribution is -2.14. The highest BCUT2D eigenvalue weighted by atomic mass is 15.0. The summed E-state index contributed by atoms with van der Waals surface area (Å²) in [6.45, 7) is 6.56. The van der Waals surface area contributed by atoms with Crippen LogP contribution in [0.3, 0.4) is 0 Å². The molecule has 0 spiro atoms. The first-order valence-corrected chi connectivity index (χ1v) is 4.17. The fourth-order valence-electron chi connectivity index (χ4n) is 1.02. The second kappa shape index (κ2) is 3.51. The number of nitrogens with zero attached hydrogens (tertiary/aromatic N) is 1. The average Bonchev–Trinajstić information content (AvgIpc) is 2.13. The predicted molar refractivity (Wildman–Crippen MR) is 48.9 cm³/mol. The van der Waals surface area contributed by atoms with Crippen LogP contribution in [0.25, 0.3) is 0 Å². The van der Waals surface area contributed by atoms with Crippen LogP contribution in [0.5, 0.6) is 0 Å². The first kappa shape index (κ1) is 8.25. The molecule has 1 rings (SSSR count). The Kier molecular flexibility index (Phi) is 2.64. The van der Waals surface area contributed by atoms with Crippen LogP contribution >= 0.6 is 0 Å². The van der Waals surface area contributed by atoms with Crippen LogP contribution in [0.4, 0.5) is 0 Å². The van der Waals surface area contributed by atoms with Gasteiger partial charge in [-0.3, -0.25) is 0 Å². The van der Waals surface area contributed by atoms with E-state index in [0.29, 0.717) is 12.0 Å². The molecule has 0 saturated heterocycles. The minimum absolute atomic E-state index is 0.557. The van der Waals surface area contributed by atoms with E-state index < -0.39 is 0 Å². The molecule has 0 N–H and O–H groups in total. The van der Waals surface area contributed by atoms with Gasteiger partial charge in [0.05, 0.1) is 0 Å². The normalized spacial score (nSPS) is 23.6. The molecule has 0 saturated carbocycles. The Morgan fingerprint density at radius 3 is 2.64 bits per heavy atom. The van der Waals surface area contributed by atoms with Crippen LogP contribution in [0.1, 0.15) is 20.8 Å². The van der Waals surface area contributed by atoms with Crippen molar-refractivity contribution in [3.63, 3.8) is 0 Å². The highest BCUT2D eigenvalue weighted by molar-refractivity contribution is 5.66. The summed E-state index contributed by atoms with van der Waals surface area (Å²) in [5, 5.41) is 0. The van der Waals surface area contributed by atoms with Crippen molar-refractivity contribution in [3.8, 4) is 0 Å². The van der Waals surface area contributed by atoms with Crippen LogP contribution in [0, 0.1) is 5.92 Å². The molecule has 1 atom stereocenters. The minimum Gasteiger partial charge on any atom is -0.203 e. The summed E-state index contributed by atoms with van der Waals surface area (Å²) < 4.78 is 2.21. The number of hydrogen-bond acceptors (Lipinski definition) is 0. The molecule has 0 aromatic rings. The lowest BCUT2D eigenvalue weighted by Gasteiger charge is -1.98. The van der Waals surface area contributed by atoms with E-state index >= 15 is 0 Å². The number of allylic oxidation sites excluding steroid dienone is 3. The SMILES string of the molecule is CC1C=CC=[N+](C(C)C)C=C1. The quantitative estimate of drug-likeness (QED) is 0.504. The van der Waals surface area contributed by atoms with Crippen molar-refractivity contribution in [2.24, 2.45) is 5.92 Å². The van der Waals surface area contributed by atoms with Crippen molar-refractivity contribution in [3.05, 3.63) is 24.4 Å². The standard InChI is InChI=1S/C10H16N/c1-9(2)11-7-4-5-10(3)6-8-11/h4-10H,1-3H3/q+1. The minimum atomic E-state index is 0.557. The van der Waals surface area contributed by atoms with E-state index in [1.807, 2.05) is 0 Å². The molecule has 0 aromatic heterocycles. The molecule has 1 unspecified atom stereocenters. The van der Waals surface area contributed by atoms with Gasteiger partial charge < -0.3 is 0 Å². The second-order valence-corrected chi connectivity index (χ2v) is 3.28. The molecule has 1 nitrogen and oxygen atoms in total. The lowest BCUT2D eigenvalue weighted by molar-refractivity contribution is -0.486. The Labute approximate surface area is 68.7 Å². The molecule has 60 valence electrons. The molecule has 1 heteroatoms. The van der Waals surface area contributed by atoms with Gasteiger partial charge in [0.2, 0.25) is 0 Å². The first-order valence-electron chi connectivity index (χ1n) is 4.17. The van der Waals surface area contributed by atoms with Crippen LogP contribution < -0.4 is 0 Å². The topological polar surface area (TPSA) is 3.01 Å². The third kappa shape index (κ3) is 2.34. The van der Waals surface area contributed by atoms with Crippen LogP contribution in [0.2, 0.25) is 0 Å². The van der Waals surface area contributed by atoms with E-state index in [1.54, 1.807) is 0 Å². The fraction of sp³-hybridized carbons (Fsp3) is 0.500. The van der Waals surface area contributed by atoms with Crippen molar-refractivity contribution in [2.75, 3.05) is 0 Å². The Morgan fingerprint density at radius 1 is 1.27 bits per heavy atom. The zero-order valence-electron chi connectivity index (χ0n) is 7.49. The van der Waals surface area contributed by atoms with Gasteiger partial charge in [0, 0.05) is 0 Å². The molecule has 0 amide bonds. The van der Waals surface area contributed by atoms with Crippen molar-refractivity contribution in [1.82, 2.24) is 0 Å². The molecule has 1 aliphatic rings. The molecule has 0 radical (unpaired) electrons. The van der Waals surface area contributed by atoms with Gasteiger partial charge >= 0.3 is 0 Å². The van der Waals surface area contributed by atoms with E-state index in [0.717, 1.165) is 0 Å².